The van der Waals surface area contributed by atoms with Crippen LogP contribution in [0.3, 0.4) is 0 Å². The lowest BCUT2D eigenvalue weighted by atomic mass is 9.97. The number of aromatic amines is 1. The number of fused-ring (bicyclic) bond motifs is 1. The molecule has 4 unspecified atom stereocenters. The quantitative estimate of drug-likeness (QED) is 0.205. The molecule has 43 heavy (non-hydrogen) atoms. The Kier molecular flexibility index (Phi) is 8.54. The Morgan fingerprint density at radius 1 is 1.09 bits per heavy atom. The van der Waals surface area contributed by atoms with Crippen LogP contribution in [0.1, 0.15) is 6.23 Å². The Hall–Kier alpha value is -3.89. The van der Waals surface area contributed by atoms with Gasteiger partial charge < -0.3 is 34.1 Å². The van der Waals surface area contributed by atoms with Crippen LogP contribution in [-0.2, 0) is 21.1 Å². The summed E-state index contributed by atoms with van der Waals surface area (Å²) in [4.78, 5) is 22.1. The SMILES string of the molecule is COc1ccc(OP(=S)(OCC2(C(F)F)OC(n3cnc4c(=O)[nH]c(N)nc43)C(F)C2O)Oc2ccc(OC)cc2)cc1. The maximum atomic E-state index is 15.5. The number of nitrogen functional groups attached to an aromatic ring is 1. The third-order valence-corrected chi connectivity index (χ3v) is 8.59. The van der Waals surface area contributed by atoms with Crippen molar-refractivity contribution in [1.82, 2.24) is 19.5 Å². The lowest BCUT2D eigenvalue weighted by Crippen LogP contribution is -2.52. The van der Waals surface area contributed by atoms with Crippen LogP contribution in [0.25, 0.3) is 11.2 Å². The van der Waals surface area contributed by atoms with Crippen LogP contribution in [0.4, 0.5) is 19.1 Å². The molecule has 1 aliphatic rings. The molecule has 1 fully saturated rings. The number of hydrogen-bond donors (Lipinski definition) is 3. The van der Waals surface area contributed by atoms with Gasteiger partial charge in [0.1, 0.15) is 29.1 Å². The van der Waals surface area contributed by atoms with Gasteiger partial charge in [-0.15, -0.1) is 0 Å². The molecule has 18 heteroatoms. The number of rotatable bonds is 11. The molecule has 3 heterocycles. The second kappa shape index (κ2) is 12.0. The first kappa shape index (κ1) is 30.6. The largest absolute Gasteiger partial charge is 0.497 e. The van der Waals surface area contributed by atoms with E-state index in [-0.39, 0.29) is 28.6 Å². The highest BCUT2D eigenvalue weighted by atomic mass is 32.5. The lowest BCUT2D eigenvalue weighted by Gasteiger charge is -2.32. The smallest absolute Gasteiger partial charge is 0.435 e. The summed E-state index contributed by atoms with van der Waals surface area (Å²) in [6.45, 7) is -5.17. The van der Waals surface area contributed by atoms with E-state index in [4.69, 9.17) is 45.3 Å². The highest BCUT2D eigenvalue weighted by molar-refractivity contribution is 8.07. The van der Waals surface area contributed by atoms with Gasteiger partial charge in [0.15, 0.2) is 29.2 Å². The van der Waals surface area contributed by atoms with Gasteiger partial charge in [-0.2, -0.15) is 4.98 Å². The number of aliphatic hydroxyl groups excluding tert-OH is 1. The van der Waals surface area contributed by atoms with E-state index < -0.39 is 49.4 Å². The van der Waals surface area contributed by atoms with E-state index in [0.29, 0.717) is 11.5 Å². The molecule has 0 bridgehead atoms. The van der Waals surface area contributed by atoms with Crippen molar-refractivity contribution in [3.8, 4) is 23.0 Å². The third-order valence-electron chi connectivity index (χ3n) is 6.51. The first-order valence-electron chi connectivity index (χ1n) is 12.4. The fourth-order valence-electron chi connectivity index (χ4n) is 4.27. The van der Waals surface area contributed by atoms with E-state index in [1.807, 2.05) is 0 Å². The number of nitrogens with one attached hydrogen (secondary N) is 1. The van der Waals surface area contributed by atoms with Crippen molar-refractivity contribution in [1.29, 1.82) is 0 Å². The normalized spacial score (nSPS) is 22.2. The zero-order valence-corrected chi connectivity index (χ0v) is 24.1. The van der Waals surface area contributed by atoms with Crippen molar-refractivity contribution >= 4 is 35.6 Å². The van der Waals surface area contributed by atoms with E-state index in [0.717, 1.165) is 10.9 Å². The molecule has 0 saturated carbocycles. The minimum atomic E-state index is -4.01. The van der Waals surface area contributed by atoms with E-state index in [1.165, 1.54) is 38.5 Å². The number of aromatic nitrogens is 4. The Morgan fingerprint density at radius 2 is 1.63 bits per heavy atom. The van der Waals surface area contributed by atoms with E-state index >= 15 is 4.39 Å². The number of H-pyrrole nitrogens is 1. The van der Waals surface area contributed by atoms with Crippen LogP contribution in [-0.4, -0.2) is 69.8 Å². The van der Waals surface area contributed by atoms with Crippen LogP contribution in [0.2, 0.25) is 0 Å². The summed E-state index contributed by atoms with van der Waals surface area (Å²) in [6, 6.07) is 12.2. The summed E-state index contributed by atoms with van der Waals surface area (Å²) in [7, 11) is 2.93. The molecule has 0 spiro atoms. The molecule has 4 atom stereocenters. The van der Waals surface area contributed by atoms with Crippen molar-refractivity contribution in [2.45, 2.75) is 30.5 Å². The second-order valence-electron chi connectivity index (χ2n) is 9.18. The summed E-state index contributed by atoms with van der Waals surface area (Å²) in [5, 5.41) is 10.8. The first-order valence-corrected chi connectivity index (χ1v) is 15.0. The predicted octanol–water partition coefficient (Wildman–Crippen LogP) is 3.35. The number of imidazole rings is 1. The predicted molar refractivity (Wildman–Crippen MR) is 150 cm³/mol. The average Bonchev–Trinajstić information content (AvgIpc) is 3.52. The van der Waals surface area contributed by atoms with E-state index in [9.17, 15) is 18.7 Å². The molecule has 0 amide bonds. The standard InChI is InChI=1S/C25H25F3N5O8PS/c1-36-13-3-7-15(8-4-13)40-42(43,41-16-9-5-14(37-2)6-10-16)38-11-25(23(27)28)19(34)17(26)22(39-25)33-12-30-18-20(33)31-24(29)32-21(18)35/h3-10,12,17,19,22-23,34H,11H2,1-2H3,(H3,29,31,32,35). The van der Waals surface area contributed by atoms with Crippen LogP contribution in [0.5, 0.6) is 23.0 Å². The molecule has 4 N–H and O–H groups in total. The zero-order chi connectivity index (χ0) is 30.9. The number of benzene rings is 2. The number of aliphatic hydroxyl groups is 1. The van der Waals surface area contributed by atoms with Gasteiger partial charge in [-0.1, -0.05) is 0 Å². The number of ether oxygens (including phenoxy) is 3. The molecule has 5 rings (SSSR count). The molecule has 0 radical (unpaired) electrons. The number of alkyl halides is 3. The molecule has 0 aliphatic carbocycles. The second-order valence-corrected chi connectivity index (χ2v) is 12.0. The molecular formula is C25H25F3N5O8PS. The van der Waals surface area contributed by atoms with Gasteiger partial charge in [0, 0.05) is 11.8 Å². The molecule has 1 aliphatic heterocycles. The van der Waals surface area contributed by atoms with E-state index in [1.54, 1.807) is 24.3 Å². The highest BCUT2D eigenvalue weighted by Crippen LogP contribution is 2.53. The maximum Gasteiger partial charge on any atom is 0.435 e. The van der Waals surface area contributed by atoms with Crippen molar-refractivity contribution in [3.63, 3.8) is 0 Å². The van der Waals surface area contributed by atoms with Gasteiger partial charge in [0.25, 0.3) is 12.0 Å². The highest BCUT2D eigenvalue weighted by Gasteiger charge is 2.62. The molecule has 2 aromatic heterocycles. The molecule has 4 aromatic rings. The molecule has 13 nitrogen and oxygen atoms in total. The fraction of sp³-hybridized carbons (Fsp3) is 0.320. The third kappa shape index (κ3) is 5.99. The zero-order valence-electron chi connectivity index (χ0n) is 22.4. The fourth-order valence-corrected chi connectivity index (χ4v) is 6.21. The van der Waals surface area contributed by atoms with Crippen LogP contribution >= 0.6 is 6.72 Å². The molecule has 230 valence electrons. The number of anilines is 1. The topological polar surface area (TPSA) is 165 Å². The Balaban J connectivity index is 1.46. The monoisotopic (exact) mass is 643 g/mol. The average molecular weight is 644 g/mol. The summed E-state index contributed by atoms with van der Waals surface area (Å²) >= 11 is 5.56. The number of methoxy groups -OCH3 is 2. The van der Waals surface area contributed by atoms with Gasteiger partial charge in [-0.3, -0.25) is 18.9 Å². The molecular weight excluding hydrogens is 618 g/mol. The van der Waals surface area contributed by atoms with Crippen LogP contribution in [0, 0.1) is 0 Å². The number of nitrogens with two attached hydrogens (primary N) is 1. The van der Waals surface area contributed by atoms with Crippen molar-refractivity contribution < 1.29 is 46.1 Å². The number of hydrogen-bond acceptors (Lipinski definition) is 12. The van der Waals surface area contributed by atoms with Crippen LogP contribution in [0.15, 0.2) is 59.7 Å². The van der Waals surface area contributed by atoms with Crippen molar-refractivity contribution in [3.05, 3.63) is 65.2 Å². The van der Waals surface area contributed by atoms with Gasteiger partial charge in [0.2, 0.25) is 5.95 Å². The Labute approximate surface area is 246 Å². The summed E-state index contributed by atoms with van der Waals surface area (Å²) < 4.78 is 78.9. The Bertz CT molecular complexity index is 1640. The minimum Gasteiger partial charge on any atom is -0.497 e. The molecule has 1 saturated heterocycles. The maximum absolute atomic E-state index is 15.5. The number of halogens is 3. The summed E-state index contributed by atoms with van der Waals surface area (Å²) in [5.41, 5.74) is 1.39. The minimum absolute atomic E-state index is 0.150. The van der Waals surface area contributed by atoms with Crippen molar-refractivity contribution in [2.75, 3.05) is 26.6 Å². The Morgan fingerprint density at radius 3 is 2.14 bits per heavy atom. The van der Waals surface area contributed by atoms with Gasteiger partial charge in [0.05, 0.1) is 27.2 Å². The summed E-state index contributed by atoms with van der Waals surface area (Å²) in [5.74, 6) is 0.973. The lowest BCUT2D eigenvalue weighted by molar-refractivity contribution is -0.191. The molecule has 2 aromatic carbocycles. The van der Waals surface area contributed by atoms with E-state index in [2.05, 4.69) is 15.0 Å². The van der Waals surface area contributed by atoms with Gasteiger partial charge >= 0.3 is 6.72 Å². The van der Waals surface area contributed by atoms with Crippen LogP contribution < -0.4 is 29.8 Å². The summed E-state index contributed by atoms with van der Waals surface area (Å²) in [6.07, 6.45) is -9.30. The van der Waals surface area contributed by atoms with Crippen molar-refractivity contribution in [2.24, 2.45) is 0 Å². The number of nitrogens with zero attached hydrogens (tertiary/aromatic N) is 3. The van der Waals surface area contributed by atoms with Gasteiger partial charge in [-0.25, -0.2) is 18.2 Å². The van der Waals surface area contributed by atoms with Gasteiger partial charge in [-0.05, 0) is 48.5 Å². The first-order chi connectivity index (χ1) is 20.5.